The third kappa shape index (κ3) is 2.91. The lowest BCUT2D eigenvalue weighted by Gasteiger charge is -2.20. The Hall–Kier alpha value is -3.02. The first-order valence-electron chi connectivity index (χ1n) is 8.20. The van der Waals surface area contributed by atoms with Crippen LogP contribution in [0, 0.1) is 6.92 Å². The molecule has 2 aromatic heterocycles. The summed E-state index contributed by atoms with van der Waals surface area (Å²) in [6.07, 6.45) is 1.79. The van der Waals surface area contributed by atoms with Gasteiger partial charge in [-0.15, -0.1) is 0 Å². The Morgan fingerprint density at radius 1 is 1.20 bits per heavy atom. The molecule has 3 heterocycles. The van der Waals surface area contributed by atoms with Crippen molar-refractivity contribution in [3.63, 3.8) is 0 Å². The molecule has 4 rings (SSSR count). The van der Waals surface area contributed by atoms with Crippen LogP contribution in [0.15, 0.2) is 42.6 Å². The summed E-state index contributed by atoms with van der Waals surface area (Å²) in [6, 6.07) is 11.6. The van der Waals surface area contributed by atoms with Gasteiger partial charge in [-0.25, -0.2) is 4.98 Å². The Kier molecular flexibility index (Phi) is 3.80. The standard InChI is InChI=1S/C19H19N3O3/c1-13-4-3-5-18-20-15(12-22(13)18)19(23)21(2)11-14-6-7-16-17(10-14)25-9-8-24-16/h3-7,10,12H,8-9,11H2,1-2H3. The maximum absolute atomic E-state index is 12.7. The van der Waals surface area contributed by atoms with E-state index in [-0.39, 0.29) is 5.91 Å². The minimum Gasteiger partial charge on any atom is -0.486 e. The number of aromatic nitrogens is 2. The van der Waals surface area contributed by atoms with E-state index in [0.29, 0.717) is 25.5 Å². The Bertz CT molecular complexity index is 948. The Balaban J connectivity index is 1.54. The van der Waals surface area contributed by atoms with Crippen LogP contribution in [0.4, 0.5) is 0 Å². The van der Waals surface area contributed by atoms with Crippen LogP contribution in [0.3, 0.4) is 0 Å². The first kappa shape index (κ1) is 15.5. The van der Waals surface area contributed by atoms with Gasteiger partial charge < -0.3 is 18.8 Å². The topological polar surface area (TPSA) is 56.1 Å². The molecule has 0 unspecified atom stereocenters. The van der Waals surface area contributed by atoms with Gasteiger partial charge in [0.25, 0.3) is 5.91 Å². The molecular weight excluding hydrogens is 318 g/mol. The molecule has 1 aliphatic rings. The summed E-state index contributed by atoms with van der Waals surface area (Å²) in [5.41, 5.74) is 3.24. The monoisotopic (exact) mass is 337 g/mol. The molecule has 0 radical (unpaired) electrons. The molecule has 128 valence electrons. The third-order valence-electron chi connectivity index (χ3n) is 4.29. The number of pyridine rings is 1. The highest BCUT2D eigenvalue weighted by Crippen LogP contribution is 2.31. The zero-order valence-electron chi connectivity index (χ0n) is 14.2. The number of ether oxygens (including phenoxy) is 2. The van der Waals surface area contributed by atoms with Crippen molar-refractivity contribution in [1.29, 1.82) is 0 Å². The van der Waals surface area contributed by atoms with Crippen LogP contribution < -0.4 is 9.47 Å². The summed E-state index contributed by atoms with van der Waals surface area (Å²) in [5.74, 6) is 1.37. The smallest absolute Gasteiger partial charge is 0.274 e. The molecule has 1 amide bonds. The van der Waals surface area contributed by atoms with Crippen LogP contribution in [0.5, 0.6) is 11.5 Å². The second kappa shape index (κ2) is 6.12. The average Bonchev–Trinajstić information content (AvgIpc) is 3.06. The average molecular weight is 337 g/mol. The largest absolute Gasteiger partial charge is 0.486 e. The van der Waals surface area contributed by atoms with Crippen molar-refractivity contribution >= 4 is 11.6 Å². The van der Waals surface area contributed by atoms with Crippen LogP contribution in [0.2, 0.25) is 0 Å². The van der Waals surface area contributed by atoms with Gasteiger partial charge in [0.15, 0.2) is 11.5 Å². The van der Waals surface area contributed by atoms with Gasteiger partial charge in [0.05, 0.1) is 0 Å². The maximum Gasteiger partial charge on any atom is 0.274 e. The van der Waals surface area contributed by atoms with E-state index < -0.39 is 0 Å². The number of carbonyl (C=O) groups is 1. The predicted molar refractivity (Wildman–Crippen MR) is 93.2 cm³/mol. The summed E-state index contributed by atoms with van der Waals surface area (Å²) in [6.45, 7) is 3.58. The van der Waals surface area contributed by atoms with Gasteiger partial charge >= 0.3 is 0 Å². The van der Waals surface area contributed by atoms with Crippen molar-refractivity contribution in [3.8, 4) is 11.5 Å². The van der Waals surface area contributed by atoms with Crippen LogP contribution in [-0.2, 0) is 6.54 Å². The molecule has 0 atom stereocenters. The lowest BCUT2D eigenvalue weighted by atomic mass is 10.2. The minimum absolute atomic E-state index is 0.113. The third-order valence-corrected chi connectivity index (χ3v) is 4.29. The number of benzene rings is 1. The number of rotatable bonds is 3. The molecule has 0 spiro atoms. The van der Waals surface area contributed by atoms with E-state index in [1.165, 1.54) is 0 Å². The highest BCUT2D eigenvalue weighted by molar-refractivity contribution is 5.92. The van der Waals surface area contributed by atoms with Crippen LogP contribution in [-0.4, -0.2) is 40.5 Å². The fourth-order valence-corrected chi connectivity index (χ4v) is 2.98. The highest BCUT2D eigenvalue weighted by atomic mass is 16.6. The fourth-order valence-electron chi connectivity index (χ4n) is 2.98. The quantitative estimate of drug-likeness (QED) is 0.737. The van der Waals surface area contributed by atoms with Gasteiger partial charge in [-0.1, -0.05) is 12.1 Å². The number of nitrogens with zero attached hydrogens (tertiary/aromatic N) is 3. The number of amides is 1. The molecule has 0 saturated heterocycles. The normalized spacial score (nSPS) is 13.0. The van der Waals surface area contributed by atoms with E-state index in [9.17, 15) is 4.79 Å². The maximum atomic E-state index is 12.7. The number of carbonyl (C=O) groups excluding carboxylic acids is 1. The predicted octanol–water partition coefficient (Wildman–Crippen LogP) is 2.69. The molecule has 0 bridgehead atoms. The van der Waals surface area contributed by atoms with E-state index in [2.05, 4.69) is 4.98 Å². The molecule has 25 heavy (non-hydrogen) atoms. The lowest BCUT2D eigenvalue weighted by molar-refractivity contribution is 0.0779. The summed E-state index contributed by atoms with van der Waals surface area (Å²) in [7, 11) is 1.77. The summed E-state index contributed by atoms with van der Waals surface area (Å²) in [5, 5.41) is 0. The van der Waals surface area contributed by atoms with Crippen LogP contribution >= 0.6 is 0 Å². The van der Waals surface area contributed by atoms with E-state index in [1.807, 2.05) is 47.7 Å². The molecule has 3 aromatic rings. The number of fused-ring (bicyclic) bond motifs is 2. The number of imidazole rings is 1. The Labute approximate surface area is 145 Å². The van der Waals surface area contributed by atoms with E-state index in [0.717, 1.165) is 28.4 Å². The Morgan fingerprint density at radius 2 is 2.00 bits per heavy atom. The number of aryl methyl sites for hydroxylation is 1. The molecule has 6 nitrogen and oxygen atoms in total. The van der Waals surface area contributed by atoms with E-state index in [1.54, 1.807) is 18.1 Å². The van der Waals surface area contributed by atoms with Crippen molar-refractivity contribution in [2.75, 3.05) is 20.3 Å². The van der Waals surface area contributed by atoms with Gasteiger partial charge in [-0.3, -0.25) is 4.79 Å². The Morgan fingerprint density at radius 3 is 2.80 bits per heavy atom. The van der Waals surface area contributed by atoms with Crippen molar-refractivity contribution < 1.29 is 14.3 Å². The molecule has 0 saturated carbocycles. The number of hydrogen-bond donors (Lipinski definition) is 0. The summed E-state index contributed by atoms with van der Waals surface area (Å²) in [4.78, 5) is 18.8. The molecule has 0 N–H and O–H groups in total. The van der Waals surface area contributed by atoms with Crippen molar-refractivity contribution in [3.05, 3.63) is 59.5 Å². The molecule has 1 aliphatic heterocycles. The highest BCUT2D eigenvalue weighted by Gasteiger charge is 2.18. The van der Waals surface area contributed by atoms with E-state index >= 15 is 0 Å². The minimum atomic E-state index is -0.113. The second-order valence-electron chi connectivity index (χ2n) is 6.16. The van der Waals surface area contributed by atoms with Crippen molar-refractivity contribution in [1.82, 2.24) is 14.3 Å². The fraction of sp³-hybridized carbons (Fsp3) is 0.263. The first-order chi connectivity index (χ1) is 12.1. The summed E-state index contributed by atoms with van der Waals surface area (Å²) < 4.78 is 13.0. The second-order valence-corrected chi connectivity index (χ2v) is 6.16. The zero-order chi connectivity index (χ0) is 17.4. The SMILES string of the molecule is Cc1cccc2nc(C(=O)N(C)Cc3ccc4c(c3)OCCO4)cn12. The number of hydrogen-bond acceptors (Lipinski definition) is 4. The molecule has 6 heteroatoms. The molecular formula is C19H19N3O3. The van der Waals surface area contributed by atoms with Crippen molar-refractivity contribution in [2.24, 2.45) is 0 Å². The molecule has 0 aliphatic carbocycles. The molecule has 1 aromatic carbocycles. The van der Waals surface area contributed by atoms with Crippen molar-refractivity contribution in [2.45, 2.75) is 13.5 Å². The van der Waals surface area contributed by atoms with Crippen LogP contribution in [0.1, 0.15) is 21.7 Å². The zero-order valence-corrected chi connectivity index (χ0v) is 14.2. The van der Waals surface area contributed by atoms with E-state index in [4.69, 9.17) is 9.47 Å². The van der Waals surface area contributed by atoms with Gasteiger partial charge in [-0.05, 0) is 36.8 Å². The van der Waals surface area contributed by atoms with Gasteiger partial charge in [0.2, 0.25) is 0 Å². The lowest BCUT2D eigenvalue weighted by Crippen LogP contribution is -2.26. The van der Waals surface area contributed by atoms with Gasteiger partial charge in [0.1, 0.15) is 24.6 Å². The van der Waals surface area contributed by atoms with Gasteiger partial charge in [0, 0.05) is 25.5 Å². The van der Waals surface area contributed by atoms with Crippen LogP contribution in [0.25, 0.3) is 5.65 Å². The first-order valence-corrected chi connectivity index (χ1v) is 8.20. The summed E-state index contributed by atoms with van der Waals surface area (Å²) >= 11 is 0. The van der Waals surface area contributed by atoms with Gasteiger partial charge in [-0.2, -0.15) is 0 Å². The molecule has 0 fully saturated rings.